The van der Waals surface area contributed by atoms with E-state index in [4.69, 9.17) is 0 Å². The molecular formula is C11H18BrN3O. The van der Waals surface area contributed by atoms with E-state index in [0.29, 0.717) is 12.1 Å². The molecule has 1 rings (SSSR count). The van der Waals surface area contributed by atoms with Crippen LogP contribution in [0.25, 0.3) is 0 Å². The number of hydrogen-bond donors (Lipinski definition) is 3. The van der Waals surface area contributed by atoms with E-state index in [1.165, 1.54) is 0 Å². The molecule has 0 atom stereocenters. The van der Waals surface area contributed by atoms with Gasteiger partial charge < -0.3 is 5.32 Å². The lowest BCUT2D eigenvalue weighted by molar-refractivity contribution is 0.0956. The molecule has 4 nitrogen and oxygen atoms in total. The number of carbonyl (C=O) groups is 1. The zero-order valence-corrected chi connectivity index (χ0v) is 11.3. The van der Waals surface area contributed by atoms with E-state index in [2.05, 4.69) is 16.2 Å². The molecule has 90 valence electrons. The smallest absolute Gasteiger partial charge is 0.251 e. The van der Waals surface area contributed by atoms with E-state index in [-0.39, 0.29) is 22.9 Å². The normalized spacial score (nSPS) is 9.38. The molecule has 0 fully saturated rings. The van der Waals surface area contributed by atoms with Crippen molar-refractivity contribution < 1.29 is 4.79 Å². The predicted molar refractivity (Wildman–Crippen MR) is 70.7 cm³/mol. The SMILES string of the molecule is Br.CCNC(=O)c1ccc(CNNC)cc1. The molecule has 0 aromatic heterocycles. The van der Waals surface area contributed by atoms with Gasteiger partial charge in [0.05, 0.1) is 0 Å². The average Bonchev–Trinajstić information content (AvgIpc) is 2.27. The Hall–Kier alpha value is -0.910. The first-order chi connectivity index (χ1) is 7.27. The number of halogens is 1. The van der Waals surface area contributed by atoms with Crippen LogP contribution in [0.3, 0.4) is 0 Å². The maximum Gasteiger partial charge on any atom is 0.251 e. The van der Waals surface area contributed by atoms with Gasteiger partial charge in [-0.3, -0.25) is 15.6 Å². The summed E-state index contributed by atoms with van der Waals surface area (Å²) in [5, 5.41) is 2.76. The van der Waals surface area contributed by atoms with Crippen LogP contribution in [0.15, 0.2) is 24.3 Å². The van der Waals surface area contributed by atoms with E-state index in [0.717, 1.165) is 12.1 Å². The highest BCUT2D eigenvalue weighted by Gasteiger charge is 2.02. The van der Waals surface area contributed by atoms with Crippen LogP contribution < -0.4 is 16.2 Å². The molecule has 0 bridgehead atoms. The molecule has 0 saturated heterocycles. The fourth-order valence-corrected chi connectivity index (χ4v) is 1.23. The summed E-state index contributed by atoms with van der Waals surface area (Å²) in [6.07, 6.45) is 0. The van der Waals surface area contributed by atoms with Crippen LogP contribution in [0.2, 0.25) is 0 Å². The summed E-state index contributed by atoms with van der Waals surface area (Å²) in [4.78, 5) is 11.4. The molecule has 0 spiro atoms. The van der Waals surface area contributed by atoms with Gasteiger partial charge >= 0.3 is 0 Å². The summed E-state index contributed by atoms with van der Waals surface area (Å²) >= 11 is 0. The standard InChI is InChI=1S/C11H17N3O.BrH/c1-3-13-11(15)10-6-4-9(5-7-10)8-14-12-2;/h4-7,12,14H,3,8H2,1-2H3,(H,13,15);1H. The van der Waals surface area contributed by atoms with E-state index in [9.17, 15) is 4.79 Å². The number of rotatable bonds is 5. The van der Waals surface area contributed by atoms with Crippen molar-refractivity contribution in [3.8, 4) is 0 Å². The highest BCUT2D eigenvalue weighted by molar-refractivity contribution is 8.93. The molecule has 1 amide bonds. The van der Waals surface area contributed by atoms with E-state index >= 15 is 0 Å². The first-order valence-electron chi connectivity index (χ1n) is 5.04. The summed E-state index contributed by atoms with van der Waals surface area (Å²) in [5.41, 5.74) is 7.67. The third kappa shape index (κ3) is 4.74. The number of hydrazine groups is 1. The molecule has 0 unspecified atom stereocenters. The third-order valence-corrected chi connectivity index (χ3v) is 2.02. The Bertz CT molecular complexity index is 314. The Balaban J connectivity index is 0.00000225. The fraction of sp³-hybridized carbons (Fsp3) is 0.364. The zero-order chi connectivity index (χ0) is 11.1. The highest BCUT2D eigenvalue weighted by Crippen LogP contribution is 2.03. The van der Waals surface area contributed by atoms with Crippen molar-refractivity contribution in [2.24, 2.45) is 0 Å². The number of hydrogen-bond acceptors (Lipinski definition) is 3. The first-order valence-corrected chi connectivity index (χ1v) is 5.04. The molecule has 0 radical (unpaired) electrons. The predicted octanol–water partition coefficient (Wildman–Crippen LogP) is 1.24. The minimum absolute atomic E-state index is 0. The molecule has 0 aliphatic heterocycles. The van der Waals surface area contributed by atoms with Gasteiger partial charge in [0.15, 0.2) is 0 Å². The quantitative estimate of drug-likeness (QED) is 0.715. The van der Waals surface area contributed by atoms with Crippen LogP contribution >= 0.6 is 17.0 Å². The Kier molecular flexibility index (Phi) is 7.80. The summed E-state index contributed by atoms with van der Waals surface area (Å²) in [6.45, 7) is 3.30. The van der Waals surface area contributed by atoms with Crippen molar-refractivity contribution in [1.82, 2.24) is 16.2 Å². The van der Waals surface area contributed by atoms with Crippen molar-refractivity contribution in [2.45, 2.75) is 13.5 Å². The second-order valence-corrected chi connectivity index (χ2v) is 3.16. The first kappa shape index (κ1) is 15.1. The van der Waals surface area contributed by atoms with Crippen LogP contribution in [0, 0.1) is 0 Å². The van der Waals surface area contributed by atoms with Gasteiger partial charge in [-0.2, -0.15) is 0 Å². The molecule has 1 aromatic rings. The van der Waals surface area contributed by atoms with Crippen LogP contribution in [-0.2, 0) is 6.54 Å². The van der Waals surface area contributed by atoms with Crippen LogP contribution in [-0.4, -0.2) is 19.5 Å². The van der Waals surface area contributed by atoms with Gasteiger partial charge in [-0.25, -0.2) is 0 Å². The average molecular weight is 288 g/mol. The lowest BCUT2D eigenvalue weighted by Gasteiger charge is -2.05. The monoisotopic (exact) mass is 287 g/mol. The minimum atomic E-state index is -0.0226. The van der Waals surface area contributed by atoms with Crippen LogP contribution in [0.4, 0.5) is 0 Å². The molecule has 1 aromatic carbocycles. The van der Waals surface area contributed by atoms with E-state index < -0.39 is 0 Å². The van der Waals surface area contributed by atoms with Gasteiger partial charge in [0, 0.05) is 18.7 Å². The van der Waals surface area contributed by atoms with E-state index in [1.807, 2.05) is 38.2 Å². The largest absolute Gasteiger partial charge is 0.352 e. The summed E-state index contributed by atoms with van der Waals surface area (Å²) in [7, 11) is 1.82. The molecule has 0 saturated carbocycles. The van der Waals surface area contributed by atoms with Gasteiger partial charge in [-0.15, -0.1) is 17.0 Å². The van der Waals surface area contributed by atoms with Crippen LogP contribution in [0.1, 0.15) is 22.8 Å². The molecule has 0 aliphatic rings. The molecule has 16 heavy (non-hydrogen) atoms. The van der Waals surface area contributed by atoms with Crippen molar-refractivity contribution in [3.63, 3.8) is 0 Å². The van der Waals surface area contributed by atoms with Crippen molar-refractivity contribution in [1.29, 1.82) is 0 Å². The van der Waals surface area contributed by atoms with Crippen molar-refractivity contribution in [3.05, 3.63) is 35.4 Å². The number of amides is 1. The van der Waals surface area contributed by atoms with Gasteiger partial charge in [0.1, 0.15) is 0 Å². The second-order valence-electron chi connectivity index (χ2n) is 3.16. The lowest BCUT2D eigenvalue weighted by Crippen LogP contribution is -2.26. The molecular weight excluding hydrogens is 270 g/mol. The van der Waals surface area contributed by atoms with E-state index in [1.54, 1.807) is 0 Å². The minimum Gasteiger partial charge on any atom is -0.352 e. The van der Waals surface area contributed by atoms with Crippen molar-refractivity contribution in [2.75, 3.05) is 13.6 Å². The number of nitrogens with one attached hydrogen (secondary N) is 3. The fourth-order valence-electron chi connectivity index (χ4n) is 1.23. The third-order valence-electron chi connectivity index (χ3n) is 2.02. The topological polar surface area (TPSA) is 53.2 Å². The second kappa shape index (κ2) is 8.27. The lowest BCUT2D eigenvalue weighted by atomic mass is 10.1. The molecule has 0 aliphatic carbocycles. The van der Waals surface area contributed by atoms with Gasteiger partial charge in [0.25, 0.3) is 5.91 Å². The number of carbonyl (C=O) groups excluding carboxylic acids is 1. The molecule has 3 N–H and O–H groups in total. The summed E-state index contributed by atoms with van der Waals surface area (Å²) in [6, 6.07) is 7.54. The van der Waals surface area contributed by atoms with Gasteiger partial charge in [0.2, 0.25) is 0 Å². The Morgan fingerprint density at radius 1 is 1.25 bits per heavy atom. The van der Waals surface area contributed by atoms with Gasteiger partial charge in [-0.1, -0.05) is 12.1 Å². The highest BCUT2D eigenvalue weighted by atomic mass is 79.9. The summed E-state index contributed by atoms with van der Waals surface area (Å²) in [5.74, 6) is -0.0226. The molecule has 5 heteroatoms. The zero-order valence-electron chi connectivity index (χ0n) is 9.54. The Labute approximate surface area is 107 Å². The van der Waals surface area contributed by atoms with Gasteiger partial charge in [-0.05, 0) is 31.7 Å². The maximum absolute atomic E-state index is 11.4. The van der Waals surface area contributed by atoms with Crippen LogP contribution in [0.5, 0.6) is 0 Å². The molecule has 0 heterocycles. The van der Waals surface area contributed by atoms with Crippen molar-refractivity contribution >= 4 is 22.9 Å². The Morgan fingerprint density at radius 2 is 1.88 bits per heavy atom. The maximum atomic E-state index is 11.4. The summed E-state index contributed by atoms with van der Waals surface area (Å²) < 4.78 is 0. The Morgan fingerprint density at radius 3 is 2.38 bits per heavy atom. The number of benzene rings is 1.